The molecule has 1 aromatic carbocycles. The molecule has 0 bridgehead atoms. The van der Waals surface area contributed by atoms with Gasteiger partial charge in [0.25, 0.3) is 0 Å². The number of nitrogens with zero attached hydrogens (tertiary/aromatic N) is 2. The minimum Gasteiger partial charge on any atom is -0.481 e. The fraction of sp³-hybridized carbons (Fsp3) is 0.333. The molecule has 0 aliphatic carbocycles. The molecule has 0 fully saturated rings. The van der Waals surface area contributed by atoms with Gasteiger partial charge in [-0.1, -0.05) is 34.1 Å². The molecule has 5 heteroatoms. The van der Waals surface area contributed by atoms with Gasteiger partial charge >= 0.3 is 5.97 Å². The second-order valence-corrected chi connectivity index (χ2v) is 5.67. The molecule has 2 rings (SSSR count). The molecule has 106 valence electrons. The van der Waals surface area contributed by atoms with Crippen LogP contribution in [0.1, 0.15) is 17.7 Å². The summed E-state index contributed by atoms with van der Waals surface area (Å²) >= 11 is 3.47. The van der Waals surface area contributed by atoms with Crippen LogP contribution in [-0.2, 0) is 24.7 Å². The number of aliphatic carboxylic acids is 1. The highest BCUT2D eigenvalue weighted by molar-refractivity contribution is 9.10. The number of halogens is 1. The smallest absolute Gasteiger partial charge is 0.306 e. The summed E-state index contributed by atoms with van der Waals surface area (Å²) < 4.78 is 2.75. The normalized spacial score (nSPS) is 12.3. The number of benzene rings is 1. The number of aromatic nitrogens is 2. The highest BCUT2D eigenvalue weighted by atomic mass is 79.9. The van der Waals surface area contributed by atoms with Crippen molar-refractivity contribution < 1.29 is 9.90 Å². The average molecular weight is 337 g/mol. The van der Waals surface area contributed by atoms with E-state index in [1.807, 2.05) is 37.4 Å². The van der Waals surface area contributed by atoms with Crippen molar-refractivity contribution >= 4 is 21.9 Å². The second-order valence-electron chi connectivity index (χ2n) is 4.82. The van der Waals surface area contributed by atoms with E-state index in [9.17, 15) is 9.90 Å². The van der Waals surface area contributed by atoms with Crippen LogP contribution in [0.15, 0.2) is 41.0 Å². The fourth-order valence-corrected chi connectivity index (χ4v) is 2.66. The molecule has 0 spiro atoms. The van der Waals surface area contributed by atoms with Gasteiger partial charge in [0.05, 0.1) is 5.92 Å². The van der Waals surface area contributed by atoms with Crippen LogP contribution in [0, 0.1) is 5.92 Å². The molecule has 1 unspecified atom stereocenters. The number of hydrogen-bond donors (Lipinski definition) is 1. The first-order valence-corrected chi connectivity index (χ1v) is 7.30. The first kappa shape index (κ1) is 14.8. The Bertz CT molecular complexity index is 595. The number of hydrogen-bond acceptors (Lipinski definition) is 2. The van der Waals surface area contributed by atoms with E-state index >= 15 is 0 Å². The van der Waals surface area contributed by atoms with Crippen LogP contribution in [0.5, 0.6) is 0 Å². The fourth-order valence-electron chi connectivity index (χ4n) is 2.21. The third-order valence-corrected chi connectivity index (χ3v) is 4.22. The van der Waals surface area contributed by atoms with Crippen LogP contribution in [0.2, 0.25) is 0 Å². The topological polar surface area (TPSA) is 55.1 Å². The minimum absolute atomic E-state index is 0.386. The zero-order chi connectivity index (χ0) is 14.5. The standard InChI is InChI=1S/C15H17BrN2O2/c1-18-13(8-9-17-18)7-6-12(15(19)20)10-11-4-2-3-5-14(11)16/h2-5,8-9,12H,6-7,10H2,1H3,(H,19,20). The van der Waals surface area contributed by atoms with E-state index in [0.717, 1.165) is 22.2 Å². The predicted molar refractivity (Wildman–Crippen MR) is 80.5 cm³/mol. The summed E-state index contributed by atoms with van der Waals surface area (Å²) in [6.07, 6.45) is 3.60. The Hall–Kier alpha value is -1.62. The van der Waals surface area contributed by atoms with Gasteiger partial charge in [0, 0.05) is 23.4 Å². The number of carboxylic acids is 1. The van der Waals surface area contributed by atoms with Crippen LogP contribution in [0.4, 0.5) is 0 Å². The van der Waals surface area contributed by atoms with Crippen molar-refractivity contribution in [1.29, 1.82) is 0 Å². The Morgan fingerprint density at radius 2 is 2.15 bits per heavy atom. The quantitative estimate of drug-likeness (QED) is 0.881. The molecule has 1 aromatic heterocycles. The molecule has 1 heterocycles. The third-order valence-electron chi connectivity index (χ3n) is 3.44. The van der Waals surface area contributed by atoms with Crippen molar-refractivity contribution in [1.82, 2.24) is 9.78 Å². The Labute approximate surface area is 126 Å². The SMILES string of the molecule is Cn1nccc1CCC(Cc1ccccc1Br)C(=O)O. The average Bonchev–Trinajstić information content (AvgIpc) is 2.82. The monoisotopic (exact) mass is 336 g/mol. The van der Waals surface area contributed by atoms with E-state index < -0.39 is 5.97 Å². The first-order valence-electron chi connectivity index (χ1n) is 6.51. The summed E-state index contributed by atoms with van der Waals surface area (Å²) in [5.74, 6) is -1.13. The lowest BCUT2D eigenvalue weighted by Gasteiger charge is -2.13. The molecule has 4 nitrogen and oxygen atoms in total. The van der Waals surface area contributed by atoms with Gasteiger partial charge in [-0.2, -0.15) is 5.10 Å². The summed E-state index contributed by atoms with van der Waals surface area (Å²) in [5, 5.41) is 13.5. The number of aryl methyl sites for hydroxylation is 2. The van der Waals surface area contributed by atoms with E-state index in [1.165, 1.54) is 0 Å². The van der Waals surface area contributed by atoms with Crippen molar-refractivity contribution in [3.63, 3.8) is 0 Å². The zero-order valence-corrected chi connectivity index (χ0v) is 12.9. The molecule has 0 aliphatic heterocycles. The van der Waals surface area contributed by atoms with Gasteiger partial charge in [0.1, 0.15) is 0 Å². The molecular formula is C15H17BrN2O2. The van der Waals surface area contributed by atoms with Crippen molar-refractivity contribution in [3.8, 4) is 0 Å². The third kappa shape index (κ3) is 3.70. The highest BCUT2D eigenvalue weighted by Crippen LogP contribution is 2.22. The molecule has 20 heavy (non-hydrogen) atoms. The molecule has 0 aliphatic rings. The van der Waals surface area contributed by atoms with Crippen molar-refractivity contribution in [3.05, 3.63) is 52.3 Å². The summed E-state index contributed by atoms with van der Waals surface area (Å²) in [6.45, 7) is 0. The maximum atomic E-state index is 11.4. The van der Waals surface area contributed by atoms with Crippen LogP contribution in [0.3, 0.4) is 0 Å². The van der Waals surface area contributed by atoms with Gasteiger partial charge in [-0.3, -0.25) is 9.48 Å². The largest absolute Gasteiger partial charge is 0.481 e. The lowest BCUT2D eigenvalue weighted by molar-refractivity contribution is -0.141. The van der Waals surface area contributed by atoms with E-state index in [2.05, 4.69) is 21.0 Å². The van der Waals surface area contributed by atoms with Crippen LogP contribution in [-0.4, -0.2) is 20.9 Å². The summed E-state index contributed by atoms with van der Waals surface area (Å²) in [6, 6.07) is 9.69. The van der Waals surface area contributed by atoms with Crippen molar-refractivity contribution in [2.45, 2.75) is 19.3 Å². The van der Waals surface area contributed by atoms with E-state index in [1.54, 1.807) is 10.9 Å². The summed E-state index contributed by atoms with van der Waals surface area (Å²) in [4.78, 5) is 11.4. The van der Waals surface area contributed by atoms with E-state index in [4.69, 9.17) is 0 Å². The number of rotatable bonds is 6. The molecule has 1 atom stereocenters. The molecule has 0 saturated carbocycles. The number of carbonyl (C=O) groups is 1. The van der Waals surface area contributed by atoms with Crippen LogP contribution in [0.25, 0.3) is 0 Å². The Morgan fingerprint density at radius 1 is 1.40 bits per heavy atom. The van der Waals surface area contributed by atoms with Crippen LogP contribution >= 0.6 is 15.9 Å². The van der Waals surface area contributed by atoms with Gasteiger partial charge in [-0.25, -0.2) is 0 Å². The Kier molecular flexibility index (Phi) is 4.95. The predicted octanol–water partition coefficient (Wildman–Crippen LogP) is 3.06. The molecule has 0 radical (unpaired) electrons. The molecule has 2 aromatic rings. The van der Waals surface area contributed by atoms with Crippen molar-refractivity contribution in [2.75, 3.05) is 0 Å². The highest BCUT2D eigenvalue weighted by Gasteiger charge is 2.19. The maximum absolute atomic E-state index is 11.4. The Balaban J connectivity index is 2.03. The molecule has 0 amide bonds. The Morgan fingerprint density at radius 3 is 2.75 bits per heavy atom. The minimum atomic E-state index is -0.747. The molecule has 1 N–H and O–H groups in total. The van der Waals surface area contributed by atoms with Gasteiger partial charge in [0.15, 0.2) is 0 Å². The van der Waals surface area contributed by atoms with Crippen LogP contribution < -0.4 is 0 Å². The van der Waals surface area contributed by atoms with Crippen molar-refractivity contribution in [2.24, 2.45) is 13.0 Å². The second kappa shape index (κ2) is 6.70. The first-order chi connectivity index (χ1) is 9.58. The lowest BCUT2D eigenvalue weighted by atomic mass is 9.94. The molecule has 0 saturated heterocycles. The van der Waals surface area contributed by atoms with E-state index in [0.29, 0.717) is 12.8 Å². The summed E-state index contributed by atoms with van der Waals surface area (Å²) in [7, 11) is 1.87. The zero-order valence-electron chi connectivity index (χ0n) is 11.3. The molecular weight excluding hydrogens is 320 g/mol. The van der Waals surface area contributed by atoms with Gasteiger partial charge in [0.2, 0.25) is 0 Å². The van der Waals surface area contributed by atoms with E-state index in [-0.39, 0.29) is 5.92 Å². The number of carboxylic acid groups (broad SMARTS) is 1. The van der Waals surface area contributed by atoms with Gasteiger partial charge in [-0.15, -0.1) is 0 Å². The van der Waals surface area contributed by atoms with Gasteiger partial charge in [-0.05, 0) is 37.0 Å². The summed E-state index contributed by atoms with van der Waals surface area (Å²) in [5.41, 5.74) is 2.09. The maximum Gasteiger partial charge on any atom is 0.306 e. The lowest BCUT2D eigenvalue weighted by Crippen LogP contribution is -2.18. The van der Waals surface area contributed by atoms with Gasteiger partial charge < -0.3 is 5.11 Å².